The Labute approximate surface area is 240 Å². The van der Waals surface area contributed by atoms with E-state index in [1.165, 1.54) is 6.33 Å². The molecule has 0 saturated heterocycles. The molecule has 2 aromatic carbocycles. The summed E-state index contributed by atoms with van der Waals surface area (Å²) >= 11 is 0. The van der Waals surface area contributed by atoms with E-state index in [0.29, 0.717) is 25.2 Å². The van der Waals surface area contributed by atoms with Gasteiger partial charge in [0.05, 0.1) is 12.6 Å². The zero-order valence-corrected chi connectivity index (χ0v) is 23.6. The van der Waals surface area contributed by atoms with E-state index in [2.05, 4.69) is 46.0 Å². The van der Waals surface area contributed by atoms with Crippen LogP contribution in [-0.2, 0) is 6.54 Å². The van der Waals surface area contributed by atoms with Crippen molar-refractivity contribution in [3.8, 4) is 28.5 Å². The lowest BCUT2D eigenvalue weighted by atomic mass is 9.99. The Balaban J connectivity index is 1.33. The summed E-state index contributed by atoms with van der Waals surface area (Å²) in [6.45, 7) is 5.56. The molecule has 3 heterocycles. The van der Waals surface area contributed by atoms with Gasteiger partial charge in [0.2, 0.25) is 5.88 Å². The molecule has 212 valence electrons. The number of ether oxygens (including phenoxy) is 2. The number of fused-ring (bicyclic) bond motifs is 1. The lowest BCUT2D eigenvalue weighted by molar-refractivity contribution is 0.0325. The van der Waals surface area contributed by atoms with E-state index in [4.69, 9.17) is 9.47 Å². The second kappa shape index (κ2) is 12.9. The molecule has 9 nitrogen and oxygen atoms in total. The van der Waals surface area contributed by atoms with Crippen molar-refractivity contribution in [2.75, 3.05) is 26.7 Å². The summed E-state index contributed by atoms with van der Waals surface area (Å²) in [6.07, 6.45) is 6.26. The molecule has 0 bridgehead atoms. The molecule has 0 fully saturated rings. The number of aliphatic hydroxyl groups excluding tert-OH is 1. The molecule has 1 aliphatic rings. The molecule has 0 unspecified atom stereocenters. The van der Waals surface area contributed by atoms with Crippen LogP contribution in [0.3, 0.4) is 0 Å². The standard InChI is InChI=1S/C32H35N5O4/c1-22-17-37(23(2)20-38)32(39)29-13-25(26-14-33-21-34-15-26)16-35-31(29)41-30(22)19-36(3)18-24-9-11-28(12-10-24)40-27-7-5-4-6-8-27/h4-16,21-23,30,38H,17-20H2,1-3H3/t22-,23+,30+/m0/s1. The third-order valence-corrected chi connectivity index (χ3v) is 7.26. The van der Waals surface area contributed by atoms with E-state index in [0.717, 1.165) is 28.2 Å². The van der Waals surface area contributed by atoms with Crippen molar-refractivity contribution in [1.82, 2.24) is 24.8 Å². The minimum atomic E-state index is -0.352. The zero-order valence-electron chi connectivity index (χ0n) is 23.6. The largest absolute Gasteiger partial charge is 0.472 e. The topological polar surface area (TPSA) is 101 Å². The maximum Gasteiger partial charge on any atom is 0.259 e. The summed E-state index contributed by atoms with van der Waals surface area (Å²) in [5.41, 5.74) is 2.98. The van der Waals surface area contributed by atoms with Crippen molar-refractivity contribution in [3.05, 3.63) is 96.7 Å². The molecule has 9 heteroatoms. The van der Waals surface area contributed by atoms with Gasteiger partial charge in [-0.15, -0.1) is 0 Å². The van der Waals surface area contributed by atoms with E-state index in [1.807, 2.05) is 49.4 Å². The molecular formula is C32H35N5O4. The van der Waals surface area contributed by atoms with E-state index < -0.39 is 0 Å². The fraction of sp³-hybridized carbons (Fsp3) is 0.312. The summed E-state index contributed by atoms with van der Waals surface area (Å²) in [4.78, 5) is 30.3. The normalized spacial score (nSPS) is 17.8. The van der Waals surface area contributed by atoms with Crippen molar-refractivity contribution in [2.24, 2.45) is 5.92 Å². The summed E-state index contributed by atoms with van der Waals surface area (Å²) < 4.78 is 12.4. The second-order valence-electron chi connectivity index (χ2n) is 10.6. The van der Waals surface area contributed by atoms with E-state index in [9.17, 15) is 9.90 Å². The first-order valence-corrected chi connectivity index (χ1v) is 13.8. The molecule has 41 heavy (non-hydrogen) atoms. The lowest BCUT2D eigenvalue weighted by Crippen LogP contribution is -2.49. The Morgan fingerprint density at radius 3 is 2.46 bits per heavy atom. The van der Waals surface area contributed by atoms with E-state index in [-0.39, 0.29) is 36.5 Å². The van der Waals surface area contributed by atoms with Crippen LogP contribution in [0.2, 0.25) is 0 Å². The molecule has 3 atom stereocenters. The summed E-state index contributed by atoms with van der Waals surface area (Å²) in [6, 6.07) is 19.2. The van der Waals surface area contributed by atoms with Crippen LogP contribution in [0.1, 0.15) is 29.8 Å². The third-order valence-electron chi connectivity index (χ3n) is 7.26. The highest BCUT2D eigenvalue weighted by atomic mass is 16.5. The highest BCUT2D eigenvalue weighted by Crippen LogP contribution is 2.30. The molecule has 1 amide bonds. The lowest BCUT2D eigenvalue weighted by Gasteiger charge is -2.37. The van der Waals surface area contributed by atoms with Crippen molar-refractivity contribution >= 4 is 5.91 Å². The number of pyridine rings is 1. The van der Waals surface area contributed by atoms with E-state index in [1.54, 1.807) is 29.6 Å². The predicted octanol–water partition coefficient (Wildman–Crippen LogP) is 4.68. The van der Waals surface area contributed by atoms with Gasteiger partial charge >= 0.3 is 0 Å². The number of para-hydroxylation sites is 1. The zero-order chi connectivity index (χ0) is 28.8. The molecule has 1 aliphatic heterocycles. The van der Waals surface area contributed by atoms with Crippen LogP contribution in [0.4, 0.5) is 0 Å². The average Bonchev–Trinajstić information content (AvgIpc) is 3.00. The van der Waals surface area contributed by atoms with Crippen LogP contribution < -0.4 is 9.47 Å². The number of hydrogen-bond acceptors (Lipinski definition) is 8. The smallest absolute Gasteiger partial charge is 0.259 e. The number of hydrogen-bond donors (Lipinski definition) is 1. The summed E-state index contributed by atoms with van der Waals surface area (Å²) in [5.74, 6) is 1.65. The monoisotopic (exact) mass is 553 g/mol. The van der Waals surface area contributed by atoms with Gasteiger partial charge in [0, 0.05) is 55.3 Å². The quantitative estimate of drug-likeness (QED) is 0.319. The minimum Gasteiger partial charge on any atom is -0.472 e. The Hall–Kier alpha value is -4.34. The first kappa shape index (κ1) is 28.2. The molecule has 4 aromatic rings. The van der Waals surface area contributed by atoms with Gasteiger partial charge in [-0.3, -0.25) is 9.69 Å². The fourth-order valence-electron chi connectivity index (χ4n) is 4.90. The number of amides is 1. The van der Waals surface area contributed by atoms with Crippen molar-refractivity contribution in [1.29, 1.82) is 0 Å². The van der Waals surface area contributed by atoms with Crippen LogP contribution in [0.5, 0.6) is 17.4 Å². The first-order chi connectivity index (χ1) is 19.9. The number of carbonyl (C=O) groups is 1. The molecule has 1 N–H and O–H groups in total. The second-order valence-corrected chi connectivity index (χ2v) is 10.6. The fourth-order valence-corrected chi connectivity index (χ4v) is 4.90. The molecule has 0 saturated carbocycles. The average molecular weight is 554 g/mol. The van der Waals surface area contributed by atoms with Crippen LogP contribution in [-0.4, -0.2) is 74.7 Å². The van der Waals surface area contributed by atoms with Gasteiger partial charge in [-0.1, -0.05) is 37.3 Å². The minimum absolute atomic E-state index is 0.00537. The Bertz CT molecular complexity index is 1440. The van der Waals surface area contributed by atoms with Gasteiger partial charge in [0.15, 0.2) is 0 Å². The van der Waals surface area contributed by atoms with Crippen molar-refractivity contribution < 1.29 is 19.4 Å². The van der Waals surface area contributed by atoms with Gasteiger partial charge in [0.1, 0.15) is 29.5 Å². The van der Waals surface area contributed by atoms with Crippen LogP contribution in [0.25, 0.3) is 11.1 Å². The Kier molecular flexibility index (Phi) is 8.86. The van der Waals surface area contributed by atoms with E-state index >= 15 is 0 Å². The van der Waals surface area contributed by atoms with Gasteiger partial charge in [-0.25, -0.2) is 15.0 Å². The van der Waals surface area contributed by atoms with Crippen molar-refractivity contribution in [3.63, 3.8) is 0 Å². The van der Waals surface area contributed by atoms with Crippen LogP contribution in [0.15, 0.2) is 85.6 Å². The number of likely N-dealkylation sites (N-methyl/N-ethyl adjacent to an activating group) is 1. The summed E-state index contributed by atoms with van der Waals surface area (Å²) in [5, 5.41) is 9.94. The molecule has 0 aliphatic carbocycles. The molecule has 2 aromatic heterocycles. The van der Waals surface area contributed by atoms with Crippen LogP contribution >= 0.6 is 0 Å². The van der Waals surface area contributed by atoms with Crippen molar-refractivity contribution in [2.45, 2.75) is 32.5 Å². The number of carbonyl (C=O) groups excluding carboxylic acids is 1. The van der Waals surface area contributed by atoms with Gasteiger partial charge in [0.25, 0.3) is 5.91 Å². The number of benzene rings is 2. The molecule has 0 spiro atoms. The number of nitrogens with zero attached hydrogens (tertiary/aromatic N) is 5. The Morgan fingerprint density at radius 2 is 1.76 bits per heavy atom. The highest BCUT2D eigenvalue weighted by Gasteiger charge is 2.34. The highest BCUT2D eigenvalue weighted by molar-refractivity contribution is 5.98. The molecular weight excluding hydrogens is 518 g/mol. The SMILES string of the molecule is C[C@H](CO)N1C[C@H](C)[C@@H](CN(C)Cc2ccc(Oc3ccccc3)cc2)Oc2ncc(-c3cncnc3)cc2C1=O. The molecule has 0 radical (unpaired) electrons. The third kappa shape index (κ3) is 6.87. The maximum atomic E-state index is 13.7. The maximum absolute atomic E-state index is 13.7. The number of rotatable bonds is 9. The van der Waals surface area contributed by atoms with Gasteiger partial charge in [-0.2, -0.15) is 0 Å². The number of aromatic nitrogens is 3. The summed E-state index contributed by atoms with van der Waals surface area (Å²) in [7, 11) is 2.05. The predicted molar refractivity (Wildman–Crippen MR) is 156 cm³/mol. The first-order valence-electron chi connectivity index (χ1n) is 13.8. The molecule has 5 rings (SSSR count). The Morgan fingerprint density at radius 1 is 1.05 bits per heavy atom. The number of aliphatic hydroxyl groups is 1. The van der Waals surface area contributed by atoms with Gasteiger partial charge < -0.3 is 19.5 Å². The van der Waals surface area contributed by atoms with Crippen LogP contribution in [0, 0.1) is 5.92 Å². The van der Waals surface area contributed by atoms with Gasteiger partial charge in [-0.05, 0) is 49.9 Å².